The summed E-state index contributed by atoms with van der Waals surface area (Å²) in [7, 11) is 0. The van der Waals surface area contributed by atoms with Crippen LogP contribution in [0.15, 0.2) is 115 Å². The number of benzene rings is 4. The highest BCUT2D eigenvalue weighted by atomic mass is 19.1. The number of rotatable bonds is 11. The van der Waals surface area contributed by atoms with Gasteiger partial charge in [0.2, 0.25) is 11.8 Å². The van der Waals surface area contributed by atoms with E-state index >= 15 is 0 Å². The second kappa shape index (κ2) is 13.2. The standard InChI is InChI=1S/C32H31FN2O2/c33-29-19-16-28(17-20-29)24-35(31(36)21-18-25-10-4-1-5-11-25)30(22-26-12-6-2-7-13-26)32(37)34-23-27-14-8-3-9-15-27/h1-17,19-20,30H,18,21-24H2,(H,34,37)/t30-/m1/s1. The van der Waals surface area contributed by atoms with E-state index in [9.17, 15) is 14.0 Å². The average molecular weight is 495 g/mol. The van der Waals surface area contributed by atoms with Crippen molar-refractivity contribution >= 4 is 11.8 Å². The number of nitrogens with zero attached hydrogens (tertiary/aromatic N) is 1. The first-order valence-electron chi connectivity index (χ1n) is 12.5. The fraction of sp³-hybridized carbons (Fsp3) is 0.188. The normalized spacial score (nSPS) is 11.5. The van der Waals surface area contributed by atoms with E-state index in [0.717, 1.165) is 22.3 Å². The fourth-order valence-corrected chi connectivity index (χ4v) is 4.28. The predicted octanol–water partition coefficient (Wildman–Crippen LogP) is 5.71. The molecule has 0 aromatic heterocycles. The number of amides is 2. The zero-order valence-electron chi connectivity index (χ0n) is 20.7. The average Bonchev–Trinajstić information content (AvgIpc) is 2.95. The number of carbonyl (C=O) groups is 2. The number of carbonyl (C=O) groups excluding carboxylic acids is 2. The maximum absolute atomic E-state index is 13.7. The topological polar surface area (TPSA) is 49.4 Å². The molecular formula is C32H31FN2O2. The van der Waals surface area contributed by atoms with Gasteiger partial charge in [-0.2, -0.15) is 0 Å². The van der Waals surface area contributed by atoms with Crippen molar-refractivity contribution in [3.63, 3.8) is 0 Å². The summed E-state index contributed by atoms with van der Waals surface area (Å²) in [4.78, 5) is 28.9. The molecule has 0 aliphatic rings. The predicted molar refractivity (Wildman–Crippen MR) is 144 cm³/mol. The molecule has 0 spiro atoms. The fourth-order valence-electron chi connectivity index (χ4n) is 4.28. The molecule has 2 amide bonds. The molecular weight excluding hydrogens is 463 g/mol. The van der Waals surface area contributed by atoms with E-state index in [1.165, 1.54) is 12.1 Å². The summed E-state index contributed by atoms with van der Waals surface area (Å²) < 4.78 is 13.6. The van der Waals surface area contributed by atoms with E-state index in [1.54, 1.807) is 17.0 Å². The summed E-state index contributed by atoms with van der Waals surface area (Å²) >= 11 is 0. The molecule has 0 heterocycles. The maximum Gasteiger partial charge on any atom is 0.243 e. The lowest BCUT2D eigenvalue weighted by molar-refractivity contribution is -0.141. The molecule has 1 atom stereocenters. The van der Waals surface area contributed by atoms with Gasteiger partial charge in [-0.25, -0.2) is 4.39 Å². The monoisotopic (exact) mass is 494 g/mol. The minimum absolute atomic E-state index is 0.121. The van der Waals surface area contributed by atoms with E-state index in [0.29, 0.717) is 19.4 Å². The molecule has 188 valence electrons. The van der Waals surface area contributed by atoms with Crippen LogP contribution in [-0.2, 0) is 35.5 Å². The third-order valence-electron chi connectivity index (χ3n) is 6.32. The summed E-state index contributed by atoms with van der Waals surface area (Å²) in [6, 6.07) is 34.6. The quantitative estimate of drug-likeness (QED) is 0.290. The Labute approximate surface area is 217 Å². The molecule has 0 aliphatic carbocycles. The Hall–Kier alpha value is -4.25. The van der Waals surface area contributed by atoms with Crippen LogP contribution in [0.1, 0.15) is 28.7 Å². The first-order chi connectivity index (χ1) is 18.1. The Morgan fingerprint density at radius 1 is 0.676 bits per heavy atom. The van der Waals surface area contributed by atoms with Crippen molar-refractivity contribution in [1.82, 2.24) is 10.2 Å². The molecule has 0 saturated heterocycles. The summed E-state index contributed by atoms with van der Waals surface area (Å²) in [5.74, 6) is -0.681. The summed E-state index contributed by atoms with van der Waals surface area (Å²) in [6.07, 6.45) is 1.21. The zero-order chi connectivity index (χ0) is 25.9. The maximum atomic E-state index is 13.7. The van der Waals surface area contributed by atoms with Crippen LogP contribution in [0.5, 0.6) is 0 Å². The first kappa shape index (κ1) is 25.8. The van der Waals surface area contributed by atoms with Crippen molar-refractivity contribution in [2.24, 2.45) is 0 Å². The van der Waals surface area contributed by atoms with Crippen LogP contribution in [0.25, 0.3) is 0 Å². The highest BCUT2D eigenvalue weighted by molar-refractivity contribution is 5.88. The summed E-state index contributed by atoms with van der Waals surface area (Å²) in [6.45, 7) is 0.581. The Kier molecular flexibility index (Phi) is 9.19. The van der Waals surface area contributed by atoms with E-state index in [4.69, 9.17) is 0 Å². The summed E-state index contributed by atoms with van der Waals surface area (Å²) in [5, 5.41) is 3.03. The molecule has 4 nitrogen and oxygen atoms in total. The zero-order valence-corrected chi connectivity index (χ0v) is 20.7. The molecule has 4 aromatic rings. The number of hydrogen-bond donors (Lipinski definition) is 1. The highest BCUT2D eigenvalue weighted by Gasteiger charge is 2.30. The van der Waals surface area contributed by atoms with Gasteiger partial charge in [0.15, 0.2) is 0 Å². The number of halogens is 1. The molecule has 37 heavy (non-hydrogen) atoms. The number of hydrogen-bond acceptors (Lipinski definition) is 2. The molecule has 0 unspecified atom stereocenters. The van der Waals surface area contributed by atoms with E-state index in [-0.39, 0.29) is 30.6 Å². The van der Waals surface area contributed by atoms with Crippen LogP contribution in [-0.4, -0.2) is 22.8 Å². The highest BCUT2D eigenvalue weighted by Crippen LogP contribution is 2.17. The molecule has 0 aliphatic heterocycles. The Bertz CT molecular complexity index is 1260. The molecule has 0 saturated carbocycles. The summed E-state index contributed by atoms with van der Waals surface area (Å²) in [5.41, 5.74) is 3.77. The van der Waals surface area contributed by atoms with Gasteiger partial charge < -0.3 is 10.2 Å². The molecule has 4 aromatic carbocycles. The van der Waals surface area contributed by atoms with Crippen molar-refractivity contribution < 1.29 is 14.0 Å². The SMILES string of the molecule is O=C(NCc1ccccc1)[C@@H](Cc1ccccc1)N(Cc1ccc(F)cc1)C(=O)CCc1ccccc1. The lowest BCUT2D eigenvalue weighted by atomic mass is 10.0. The van der Waals surface area contributed by atoms with Crippen LogP contribution in [0, 0.1) is 5.82 Å². The first-order valence-corrected chi connectivity index (χ1v) is 12.5. The van der Waals surface area contributed by atoms with Gasteiger partial charge >= 0.3 is 0 Å². The van der Waals surface area contributed by atoms with E-state index in [2.05, 4.69) is 5.32 Å². The molecule has 1 N–H and O–H groups in total. The minimum Gasteiger partial charge on any atom is -0.350 e. The lowest BCUT2D eigenvalue weighted by Crippen LogP contribution is -2.50. The van der Waals surface area contributed by atoms with Gasteiger partial charge in [0, 0.05) is 25.9 Å². The van der Waals surface area contributed by atoms with Crippen LogP contribution < -0.4 is 5.32 Å². The van der Waals surface area contributed by atoms with Crippen LogP contribution >= 0.6 is 0 Å². The smallest absolute Gasteiger partial charge is 0.243 e. The van der Waals surface area contributed by atoms with Gasteiger partial charge in [0.05, 0.1) is 0 Å². The molecule has 4 rings (SSSR count). The molecule has 5 heteroatoms. The molecule has 0 fully saturated rings. The lowest BCUT2D eigenvalue weighted by Gasteiger charge is -2.31. The van der Waals surface area contributed by atoms with Gasteiger partial charge in [0.1, 0.15) is 11.9 Å². The second-order valence-corrected chi connectivity index (χ2v) is 9.04. The largest absolute Gasteiger partial charge is 0.350 e. The van der Waals surface area contributed by atoms with Crippen LogP contribution in [0.3, 0.4) is 0 Å². The van der Waals surface area contributed by atoms with Crippen molar-refractivity contribution in [2.75, 3.05) is 0 Å². The van der Waals surface area contributed by atoms with Crippen molar-refractivity contribution in [1.29, 1.82) is 0 Å². The Morgan fingerprint density at radius 2 is 1.22 bits per heavy atom. The molecule has 0 radical (unpaired) electrons. The number of nitrogens with one attached hydrogen (secondary N) is 1. The number of aryl methyl sites for hydroxylation is 1. The van der Waals surface area contributed by atoms with Crippen LogP contribution in [0.4, 0.5) is 4.39 Å². The van der Waals surface area contributed by atoms with Crippen molar-refractivity contribution in [2.45, 2.75) is 38.4 Å². The van der Waals surface area contributed by atoms with Gasteiger partial charge in [0.25, 0.3) is 0 Å². The van der Waals surface area contributed by atoms with Gasteiger partial charge in [-0.3, -0.25) is 9.59 Å². The Balaban J connectivity index is 1.60. The Morgan fingerprint density at radius 3 is 1.81 bits per heavy atom. The van der Waals surface area contributed by atoms with Crippen LogP contribution in [0.2, 0.25) is 0 Å². The molecule has 0 bridgehead atoms. The second-order valence-electron chi connectivity index (χ2n) is 9.04. The van der Waals surface area contributed by atoms with Gasteiger partial charge in [-0.05, 0) is 40.8 Å². The minimum atomic E-state index is -0.723. The van der Waals surface area contributed by atoms with E-state index in [1.807, 2.05) is 91.0 Å². The third kappa shape index (κ3) is 7.87. The third-order valence-corrected chi connectivity index (χ3v) is 6.32. The van der Waals surface area contributed by atoms with Crippen molar-refractivity contribution in [3.05, 3.63) is 143 Å². The van der Waals surface area contributed by atoms with Crippen molar-refractivity contribution in [3.8, 4) is 0 Å². The van der Waals surface area contributed by atoms with Gasteiger partial charge in [-0.1, -0.05) is 103 Å². The van der Waals surface area contributed by atoms with E-state index < -0.39 is 6.04 Å². The van der Waals surface area contributed by atoms with Gasteiger partial charge in [-0.15, -0.1) is 0 Å².